The normalized spacial score (nSPS) is 10.0. The number of rotatable bonds is 3. The predicted octanol–water partition coefficient (Wildman–Crippen LogP) is 1.95. The van der Waals surface area contributed by atoms with E-state index < -0.39 is 0 Å². The number of benzene rings is 1. The fraction of sp³-hybridized carbons (Fsp3) is 0.364. The molecule has 0 heterocycles. The summed E-state index contributed by atoms with van der Waals surface area (Å²) in [5, 5.41) is 8.49. The van der Waals surface area contributed by atoms with E-state index in [9.17, 15) is 0 Å². The molecule has 0 fully saturated rings. The third kappa shape index (κ3) is 2.89. The summed E-state index contributed by atoms with van der Waals surface area (Å²) in [4.78, 5) is 2.00. The van der Waals surface area contributed by atoms with Crippen LogP contribution in [0.3, 0.4) is 0 Å². The fourth-order valence-electron chi connectivity index (χ4n) is 1.25. The van der Waals surface area contributed by atoms with E-state index in [2.05, 4.69) is 25.1 Å². The third-order valence-corrected chi connectivity index (χ3v) is 2.04. The minimum Gasteiger partial charge on any atom is -0.289 e. The first kappa shape index (κ1) is 9.76. The molecule has 0 atom stereocenters. The molecular weight excluding hydrogens is 160 g/mol. The molecule has 0 saturated carbocycles. The number of nitrogens with zero attached hydrogens (tertiary/aromatic N) is 2. The van der Waals surface area contributed by atoms with Gasteiger partial charge in [-0.15, -0.1) is 0 Å². The summed E-state index contributed by atoms with van der Waals surface area (Å²) in [7, 11) is 1.95. The Hall–Kier alpha value is -1.33. The summed E-state index contributed by atoms with van der Waals surface area (Å²) in [6.45, 7) is 3.42. The lowest BCUT2D eigenvalue weighted by atomic mass is 10.1. The maximum absolute atomic E-state index is 8.49. The largest absolute Gasteiger partial charge is 0.289 e. The molecule has 0 aliphatic heterocycles. The van der Waals surface area contributed by atoms with E-state index in [1.165, 1.54) is 11.1 Å². The highest BCUT2D eigenvalue weighted by Crippen LogP contribution is 2.08. The van der Waals surface area contributed by atoms with Crippen LogP contribution < -0.4 is 0 Å². The minimum atomic E-state index is 0.480. The Bertz CT molecular complexity index is 312. The number of hydrogen-bond acceptors (Lipinski definition) is 2. The van der Waals surface area contributed by atoms with Crippen LogP contribution in [0.1, 0.15) is 11.1 Å². The summed E-state index contributed by atoms with van der Waals surface area (Å²) < 4.78 is 0. The summed E-state index contributed by atoms with van der Waals surface area (Å²) in [5.41, 5.74) is 2.58. The van der Waals surface area contributed by atoms with Crippen molar-refractivity contribution in [1.29, 1.82) is 5.26 Å². The molecule has 0 aromatic heterocycles. The molecule has 0 aliphatic rings. The Balaban J connectivity index is 2.64. The van der Waals surface area contributed by atoms with Crippen LogP contribution in [-0.2, 0) is 6.54 Å². The van der Waals surface area contributed by atoms with Gasteiger partial charge in [0.2, 0.25) is 0 Å². The quantitative estimate of drug-likeness (QED) is 0.655. The van der Waals surface area contributed by atoms with E-state index >= 15 is 0 Å². The van der Waals surface area contributed by atoms with E-state index in [4.69, 9.17) is 5.26 Å². The first-order chi connectivity index (χ1) is 6.24. The van der Waals surface area contributed by atoms with Crippen molar-refractivity contribution in [2.75, 3.05) is 13.6 Å². The van der Waals surface area contributed by atoms with Crippen LogP contribution in [0.5, 0.6) is 0 Å². The Kier molecular flexibility index (Phi) is 3.48. The Morgan fingerprint density at radius 3 is 2.69 bits per heavy atom. The Labute approximate surface area is 79.4 Å². The van der Waals surface area contributed by atoms with Crippen molar-refractivity contribution in [2.45, 2.75) is 13.5 Å². The van der Waals surface area contributed by atoms with E-state index in [1.54, 1.807) is 0 Å². The summed E-state index contributed by atoms with van der Waals surface area (Å²) >= 11 is 0. The zero-order chi connectivity index (χ0) is 9.68. The molecule has 1 aromatic carbocycles. The molecular formula is C11H14N2. The number of nitriles is 1. The van der Waals surface area contributed by atoms with E-state index in [0.717, 1.165) is 6.54 Å². The second-order valence-corrected chi connectivity index (χ2v) is 3.26. The van der Waals surface area contributed by atoms with Gasteiger partial charge in [-0.3, -0.25) is 4.90 Å². The van der Waals surface area contributed by atoms with Crippen molar-refractivity contribution in [1.82, 2.24) is 4.90 Å². The lowest BCUT2D eigenvalue weighted by Crippen LogP contribution is -2.18. The van der Waals surface area contributed by atoms with E-state index in [-0.39, 0.29) is 0 Å². The molecule has 2 heteroatoms. The average molecular weight is 174 g/mol. The summed E-state index contributed by atoms with van der Waals surface area (Å²) in [6, 6.07) is 10.4. The fourth-order valence-corrected chi connectivity index (χ4v) is 1.25. The zero-order valence-electron chi connectivity index (χ0n) is 8.12. The van der Waals surface area contributed by atoms with Gasteiger partial charge in [-0.05, 0) is 25.1 Å². The zero-order valence-corrected chi connectivity index (χ0v) is 8.12. The SMILES string of the molecule is Cc1ccccc1CN(C)CC#N. The molecule has 0 aliphatic carbocycles. The molecule has 0 radical (unpaired) electrons. The van der Waals surface area contributed by atoms with Crippen LogP contribution in [0.15, 0.2) is 24.3 Å². The molecule has 13 heavy (non-hydrogen) atoms. The number of hydrogen-bond donors (Lipinski definition) is 0. The van der Waals surface area contributed by atoms with Crippen molar-refractivity contribution in [3.8, 4) is 6.07 Å². The van der Waals surface area contributed by atoms with Crippen LogP contribution in [-0.4, -0.2) is 18.5 Å². The molecule has 0 N–H and O–H groups in total. The maximum atomic E-state index is 8.49. The van der Waals surface area contributed by atoms with Crippen LogP contribution in [0.25, 0.3) is 0 Å². The van der Waals surface area contributed by atoms with E-state index in [1.807, 2.05) is 24.1 Å². The van der Waals surface area contributed by atoms with Crippen molar-refractivity contribution in [3.05, 3.63) is 35.4 Å². The highest BCUT2D eigenvalue weighted by molar-refractivity contribution is 5.25. The van der Waals surface area contributed by atoms with Crippen molar-refractivity contribution in [2.24, 2.45) is 0 Å². The standard InChI is InChI=1S/C11H14N2/c1-10-5-3-4-6-11(10)9-13(2)8-7-12/h3-6H,8-9H2,1-2H3. The molecule has 0 unspecified atom stereocenters. The van der Waals surface area contributed by atoms with Crippen LogP contribution in [0.2, 0.25) is 0 Å². The first-order valence-corrected chi connectivity index (χ1v) is 4.34. The van der Waals surface area contributed by atoms with Gasteiger partial charge in [-0.2, -0.15) is 5.26 Å². The van der Waals surface area contributed by atoms with Crippen molar-refractivity contribution in [3.63, 3.8) is 0 Å². The minimum absolute atomic E-state index is 0.480. The highest BCUT2D eigenvalue weighted by atomic mass is 15.1. The van der Waals surface area contributed by atoms with Gasteiger partial charge < -0.3 is 0 Å². The average Bonchev–Trinajstić information content (AvgIpc) is 2.09. The molecule has 0 saturated heterocycles. The first-order valence-electron chi connectivity index (χ1n) is 4.34. The molecule has 0 spiro atoms. The van der Waals surface area contributed by atoms with Gasteiger partial charge in [-0.1, -0.05) is 24.3 Å². The lowest BCUT2D eigenvalue weighted by molar-refractivity contribution is 0.366. The van der Waals surface area contributed by atoms with Gasteiger partial charge in [-0.25, -0.2) is 0 Å². The Morgan fingerprint density at radius 1 is 1.38 bits per heavy atom. The monoisotopic (exact) mass is 174 g/mol. The van der Waals surface area contributed by atoms with Crippen LogP contribution >= 0.6 is 0 Å². The van der Waals surface area contributed by atoms with Gasteiger partial charge in [0.05, 0.1) is 12.6 Å². The summed E-state index contributed by atoms with van der Waals surface area (Å²) in [5.74, 6) is 0. The molecule has 0 bridgehead atoms. The smallest absolute Gasteiger partial charge is 0.0866 e. The second-order valence-electron chi connectivity index (χ2n) is 3.26. The summed E-state index contributed by atoms with van der Waals surface area (Å²) in [6.07, 6.45) is 0. The predicted molar refractivity (Wildman–Crippen MR) is 53.1 cm³/mol. The van der Waals surface area contributed by atoms with Crippen molar-refractivity contribution >= 4 is 0 Å². The molecule has 0 amide bonds. The van der Waals surface area contributed by atoms with Crippen LogP contribution in [0.4, 0.5) is 0 Å². The molecule has 1 aromatic rings. The molecule has 68 valence electrons. The Morgan fingerprint density at radius 2 is 2.08 bits per heavy atom. The van der Waals surface area contributed by atoms with E-state index in [0.29, 0.717) is 6.54 Å². The number of aryl methyl sites for hydroxylation is 1. The maximum Gasteiger partial charge on any atom is 0.0866 e. The van der Waals surface area contributed by atoms with Crippen LogP contribution in [0, 0.1) is 18.3 Å². The highest BCUT2D eigenvalue weighted by Gasteiger charge is 2.00. The molecule has 1 rings (SSSR count). The van der Waals surface area contributed by atoms with Crippen molar-refractivity contribution < 1.29 is 0 Å². The molecule has 2 nitrogen and oxygen atoms in total. The van der Waals surface area contributed by atoms with Gasteiger partial charge in [0.15, 0.2) is 0 Å². The van der Waals surface area contributed by atoms with Gasteiger partial charge in [0, 0.05) is 6.54 Å². The topological polar surface area (TPSA) is 27.0 Å². The van der Waals surface area contributed by atoms with Gasteiger partial charge in [0.1, 0.15) is 0 Å². The lowest BCUT2D eigenvalue weighted by Gasteiger charge is -2.13. The van der Waals surface area contributed by atoms with Gasteiger partial charge >= 0.3 is 0 Å². The second kappa shape index (κ2) is 4.64. The van der Waals surface area contributed by atoms with Gasteiger partial charge in [0.25, 0.3) is 0 Å². The third-order valence-electron chi connectivity index (χ3n) is 2.04.